The summed E-state index contributed by atoms with van der Waals surface area (Å²) in [6, 6.07) is 0. The van der Waals surface area contributed by atoms with Gasteiger partial charge in [-0.15, -0.1) is 0 Å². The van der Waals surface area contributed by atoms with Gasteiger partial charge in [-0.3, -0.25) is 10.6 Å². The van der Waals surface area contributed by atoms with Crippen LogP contribution in [0.4, 0.5) is 0 Å². The Balaban J connectivity index is 1.56. The normalized spacial score (nSPS) is 48.0. The van der Waals surface area contributed by atoms with Crippen molar-refractivity contribution in [3.05, 3.63) is 12.4 Å². The number of methoxy groups -OCH3 is 1. The summed E-state index contributed by atoms with van der Waals surface area (Å²) in [5.41, 5.74) is 2.73. The van der Waals surface area contributed by atoms with Crippen LogP contribution < -0.4 is 16.6 Å². The molecule has 4 aliphatic rings. The summed E-state index contributed by atoms with van der Waals surface area (Å²) in [6.07, 6.45) is 11.9. The minimum absolute atomic E-state index is 0.0216. The summed E-state index contributed by atoms with van der Waals surface area (Å²) in [5, 5.41) is 13.4. The smallest absolute Gasteiger partial charge is 0.155 e. The summed E-state index contributed by atoms with van der Waals surface area (Å²) in [5.74, 6) is 8.06. The maximum absolute atomic E-state index is 13.1. The number of carbonyl (C=O) groups is 1. The highest BCUT2D eigenvalue weighted by Gasteiger charge is 2.64. The standard InChI is InChI=1S/C24H41N3O3/c1-23-9-8-16(28)12-15(23)4-5-17-18-6-7-19(20(29)14-26-10-11-27-25)24(18,2)13-21(30-3)22(17)23/h10-11,15-19,21-22,26-28H,4-9,12-14,25H2,1-3H3/b11-10-/t15-,16+,17-,18-,19+,21-,22+,23-,24-/m0/s1. The van der Waals surface area contributed by atoms with Gasteiger partial charge in [0.25, 0.3) is 0 Å². The molecule has 0 aliphatic heterocycles. The van der Waals surface area contributed by atoms with Gasteiger partial charge in [-0.2, -0.15) is 0 Å². The topological polar surface area (TPSA) is 96.6 Å². The summed E-state index contributed by atoms with van der Waals surface area (Å²) in [4.78, 5) is 13.1. The van der Waals surface area contributed by atoms with E-state index in [1.807, 2.05) is 7.11 Å². The van der Waals surface area contributed by atoms with E-state index in [0.29, 0.717) is 36.0 Å². The molecular formula is C24H41N3O3. The number of rotatable bonds is 6. The maximum Gasteiger partial charge on any atom is 0.155 e. The van der Waals surface area contributed by atoms with E-state index in [2.05, 4.69) is 24.6 Å². The number of Topliss-reactive ketones (excluding diaryl/α,β-unsaturated/α-hetero) is 1. The van der Waals surface area contributed by atoms with Crippen LogP contribution in [0.3, 0.4) is 0 Å². The number of aliphatic hydroxyl groups excluding tert-OH is 1. The van der Waals surface area contributed by atoms with Crippen molar-refractivity contribution < 1.29 is 14.6 Å². The van der Waals surface area contributed by atoms with E-state index in [1.54, 1.807) is 12.4 Å². The molecule has 0 aromatic heterocycles. The van der Waals surface area contributed by atoms with Crippen molar-refractivity contribution in [1.82, 2.24) is 10.7 Å². The van der Waals surface area contributed by atoms with E-state index < -0.39 is 0 Å². The maximum atomic E-state index is 13.1. The van der Waals surface area contributed by atoms with E-state index in [0.717, 1.165) is 38.5 Å². The lowest BCUT2D eigenvalue weighted by molar-refractivity contribution is -0.186. The number of ketones is 1. The minimum atomic E-state index is -0.126. The first-order chi connectivity index (χ1) is 14.3. The quantitative estimate of drug-likeness (QED) is 0.390. The van der Waals surface area contributed by atoms with Gasteiger partial charge < -0.3 is 20.6 Å². The fourth-order valence-corrected chi connectivity index (χ4v) is 8.47. The molecule has 0 spiro atoms. The summed E-state index contributed by atoms with van der Waals surface area (Å²) >= 11 is 0. The molecule has 170 valence electrons. The van der Waals surface area contributed by atoms with E-state index in [4.69, 9.17) is 10.6 Å². The van der Waals surface area contributed by atoms with E-state index in [-0.39, 0.29) is 29.0 Å². The van der Waals surface area contributed by atoms with Crippen LogP contribution in [0.5, 0.6) is 0 Å². The van der Waals surface area contributed by atoms with Crippen LogP contribution >= 0.6 is 0 Å². The van der Waals surface area contributed by atoms with E-state index >= 15 is 0 Å². The Morgan fingerprint density at radius 2 is 1.97 bits per heavy atom. The van der Waals surface area contributed by atoms with Crippen LogP contribution in [0.25, 0.3) is 0 Å². The summed E-state index contributed by atoms with van der Waals surface area (Å²) < 4.78 is 6.19. The number of hydrogen-bond acceptors (Lipinski definition) is 6. The van der Waals surface area contributed by atoms with Crippen molar-refractivity contribution in [1.29, 1.82) is 0 Å². The zero-order chi connectivity index (χ0) is 21.5. The molecule has 6 nitrogen and oxygen atoms in total. The lowest BCUT2D eigenvalue weighted by Crippen LogP contribution is -2.60. The minimum Gasteiger partial charge on any atom is -0.393 e. The molecule has 0 heterocycles. The van der Waals surface area contributed by atoms with Crippen LogP contribution in [0.15, 0.2) is 12.4 Å². The molecule has 6 heteroatoms. The van der Waals surface area contributed by atoms with Gasteiger partial charge in [-0.1, -0.05) is 13.8 Å². The van der Waals surface area contributed by atoms with Gasteiger partial charge in [-0.25, -0.2) is 0 Å². The molecule has 4 fully saturated rings. The third-order valence-electron chi connectivity index (χ3n) is 9.81. The Hall–Kier alpha value is -1.11. The molecule has 30 heavy (non-hydrogen) atoms. The number of hydrazine groups is 1. The monoisotopic (exact) mass is 419 g/mol. The Kier molecular flexibility index (Phi) is 6.21. The van der Waals surface area contributed by atoms with Crippen molar-refractivity contribution in [3.8, 4) is 0 Å². The predicted molar refractivity (Wildman–Crippen MR) is 117 cm³/mol. The van der Waals surface area contributed by atoms with Crippen LogP contribution in [0, 0.1) is 40.4 Å². The van der Waals surface area contributed by atoms with Gasteiger partial charge in [0, 0.05) is 25.4 Å². The molecule has 0 unspecified atom stereocenters. The summed E-state index contributed by atoms with van der Waals surface area (Å²) in [7, 11) is 1.87. The van der Waals surface area contributed by atoms with Crippen molar-refractivity contribution in [2.45, 2.75) is 77.4 Å². The molecule has 0 aromatic rings. The van der Waals surface area contributed by atoms with Crippen molar-refractivity contribution in [3.63, 3.8) is 0 Å². The Morgan fingerprint density at radius 1 is 1.17 bits per heavy atom. The average molecular weight is 420 g/mol. The molecule has 0 bridgehead atoms. The molecule has 0 radical (unpaired) electrons. The van der Waals surface area contributed by atoms with Crippen LogP contribution in [0.1, 0.15) is 65.2 Å². The van der Waals surface area contributed by atoms with Crippen molar-refractivity contribution in [2.75, 3.05) is 13.7 Å². The van der Waals surface area contributed by atoms with Gasteiger partial charge in [0.15, 0.2) is 5.78 Å². The van der Waals surface area contributed by atoms with Crippen molar-refractivity contribution in [2.24, 2.45) is 46.3 Å². The highest BCUT2D eigenvalue weighted by molar-refractivity contribution is 5.84. The third kappa shape index (κ3) is 3.49. The lowest BCUT2D eigenvalue weighted by Gasteiger charge is -2.62. The Morgan fingerprint density at radius 3 is 2.70 bits per heavy atom. The highest BCUT2D eigenvalue weighted by atomic mass is 16.5. The second-order valence-corrected chi connectivity index (χ2v) is 11.0. The molecule has 0 saturated heterocycles. The Bertz CT molecular complexity index is 670. The zero-order valence-corrected chi connectivity index (χ0v) is 18.9. The molecule has 4 aliphatic carbocycles. The number of nitrogens with one attached hydrogen (secondary N) is 2. The van der Waals surface area contributed by atoms with Gasteiger partial charge >= 0.3 is 0 Å². The fourth-order valence-electron chi connectivity index (χ4n) is 8.47. The largest absolute Gasteiger partial charge is 0.393 e. The molecule has 0 aromatic carbocycles. The number of carbonyl (C=O) groups excluding carboxylic acids is 1. The Labute approximate surface area is 181 Å². The lowest BCUT2D eigenvalue weighted by atomic mass is 9.43. The second-order valence-electron chi connectivity index (χ2n) is 11.0. The SMILES string of the molecule is CO[C@H]1C[C@]2(C)[C@@H](C(=O)CN/C=C\NN)CC[C@H]2[C@@H]2CC[C@H]3C[C@H](O)CC[C@]3(C)[C@H]21. The first-order valence-corrected chi connectivity index (χ1v) is 11.9. The molecule has 5 N–H and O–H groups in total. The second kappa shape index (κ2) is 8.44. The van der Waals surface area contributed by atoms with Crippen LogP contribution in [0.2, 0.25) is 0 Å². The van der Waals surface area contributed by atoms with Crippen LogP contribution in [-0.4, -0.2) is 36.8 Å². The zero-order valence-electron chi connectivity index (χ0n) is 18.9. The number of ether oxygens (including phenoxy) is 1. The fraction of sp³-hybridized carbons (Fsp3) is 0.875. The first-order valence-electron chi connectivity index (χ1n) is 11.9. The van der Waals surface area contributed by atoms with Gasteiger partial charge in [0.05, 0.1) is 18.8 Å². The number of hydrogen-bond donors (Lipinski definition) is 4. The molecule has 4 saturated carbocycles. The average Bonchev–Trinajstić information content (AvgIpc) is 3.07. The third-order valence-corrected chi connectivity index (χ3v) is 9.81. The first kappa shape index (κ1) is 22.1. The summed E-state index contributed by atoms with van der Waals surface area (Å²) in [6.45, 7) is 5.20. The van der Waals surface area contributed by atoms with Gasteiger partial charge in [-0.05, 0) is 85.9 Å². The molecule has 0 amide bonds. The molecule has 9 atom stereocenters. The molecular weight excluding hydrogens is 378 g/mol. The highest BCUT2D eigenvalue weighted by Crippen LogP contribution is 2.67. The number of nitrogens with two attached hydrogens (primary N) is 1. The van der Waals surface area contributed by atoms with Crippen LogP contribution in [-0.2, 0) is 9.53 Å². The molecule has 4 rings (SSSR count). The number of aliphatic hydroxyl groups is 1. The predicted octanol–water partition coefficient (Wildman–Crippen LogP) is 2.72. The number of fused-ring (bicyclic) bond motifs is 5. The van der Waals surface area contributed by atoms with E-state index in [9.17, 15) is 9.90 Å². The van der Waals surface area contributed by atoms with Crippen molar-refractivity contribution >= 4 is 5.78 Å². The van der Waals surface area contributed by atoms with Gasteiger partial charge in [0.1, 0.15) is 0 Å². The van der Waals surface area contributed by atoms with E-state index in [1.165, 1.54) is 12.8 Å². The van der Waals surface area contributed by atoms with Gasteiger partial charge in [0.2, 0.25) is 0 Å².